The first-order chi connectivity index (χ1) is 9.41. The van der Waals surface area contributed by atoms with Gasteiger partial charge in [-0.15, -0.1) is 0 Å². The minimum absolute atomic E-state index is 0.0444. The first-order valence-electron chi connectivity index (χ1n) is 6.66. The maximum absolute atomic E-state index is 12.5. The van der Waals surface area contributed by atoms with Gasteiger partial charge in [-0.3, -0.25) is 0 Å². The molecule has 0 aromatic carbocycles. The van der Waals surface area contributed by atoms with Gasteiger partial charge in [0.25, 0.3) is 0 Å². The minimum atomic E-state index is -3.52. The number of sulfonamides is 1. The van der Waals surface area contributed by atoms with Crippen LogP contribution in [0.5, 0.6) is 0 Å². The highest BCUT2D eigenvalue weighted by Crippen LogP contribution is 2.26. The fourth-order valence-corrected chi connectivity index (χ4v) is 4.45. The van der Waals surface area contributed by atoms with Gasteiger partial charge in [0, 0.05) is 25.8 Å². The minimum Gasteiger partial charge on any atom is -0.309 e. The van der Waals surface area contributed by atoms with Gasteiger partial charge in [-0.05, 0) is 45.0 Å². The average Bonchev–Trinajstić information content (AvgIpc) is 2.39. The predicted octanol–water partition coefficient (Wildman–Crippen LogP) is 1.70. The smallest absolute Gasteiger partial charge is 0.246 e. The quantitative estimate of drug-likeness (QED) is 0.793. The number of piperidine rings is 1. The molecule has 20 heavy (non-hydrogen) atoms. The molecule has 112 valence electrons. The van der Waals surface area contributed by atoms with Gasteiger partial charge < -0.3 is 4.90 Å². The monoisotopic (exact) mass is 317 g/mol. The summed E-state index contributed by atoms with van der Waals surface area (Å²) in [5.74, 6) is 0.556. The molecule has 1 aromatic rings. The third-order valence-electron chi connectivity index (χ3n) is 3.54. The molecule has 0 aliphatic carbocycles. The zero-order chi connectivity index (χ0) is 14.8. The van der Waals surface area contributed by atoms with E-state index in [1.54, 1.807) is 6.07 Å². The molecular weight excluding hydrogens is 298 g/mol. The molecule has 0 saturated carbocycles. The summed E-state index contributed by atoms with van der Waals surface area (Å²) >= 11 is 5.90. The lowest BCUT2D eigenvalue weighted by atomic mass is 9.98. The van der Waals surface area contributed by atoms with Crippen molar-refractivity contribution in [2.45, 2.75) is 17.7 Å². The lowest BCUT2D eigenvalue weighted by molar-refractivity contribution is 0.225. The Morgan fingerprint density at radius 2 is 2.05 bits per heavy atom. The molecule has 0 radical (unpaired) electrons. The Balaban J connectivity index is 2.08. The normalized spacial score (nSPS) is 18.6. The van der Waals surface area contributed by atoms with Crippen LogP contribution in [0.25, 0.3) is 0 Å². The van der Waals surface area contributed by atoms with E-state index in [2.05, 4.69) is 9.88 Å². The van der Waals surface area contributed by atoms with Gasteiger partial charge in [0.1, 0.15) is 10.0 Å². The Hall–Kier alpha value is -0.690. The van der Waals surface area contributed by atoms with Crippen LogP contribution in [0.3, 0.4) is 0 Å². The van der Waals surface area contributed by atoms with Crippen molar-refractivity contribution >= 4 is 21.6 Å². The maximum atomic E-state index is 12.5. The van der Waals surface area contributed by atoms with Crippen molar-refractivity contribution in [3.05, 3.63) is 23.5 Å². The Kier molecular flexibility index (Phi) is 5.01. The Labute approximate surface area is 125 Å². The summed E-state index contributed by atoms with van der Waals surface area (Å²) in [6.07, 6.45) is 3.26. The fraction of sp³-hybridized carbons (Fsp3) is 0.615. The van der Waals surface area contributed by atoms with Crippen molar-refractivity contribution < 1.29 is 8.42 Å². The third-order valence-corrected chi connectivity index (χ3v) is 5.88. The van der Waals surface area contributed by atoms with E-state index in [1.807, 2.05) is 14.1 Å². The molecule has 1 aliphatic rings. The summed E-state index contributed by atoms with van der Waals surface area (Å²) < 4.78 is 26.6. The summed E-state index contributed by atoms with van der Waals surface area (Å²) in [7, 11) is 0.561. The van der Waals surface area contributed by atoms with E-state index < -0.39 is 10.0 Å². The van der Waals surface area contributed by atoms with Crippen LogP contribution < -0.4 is 0 Å². The van der Waals surface area contributed by atoms with Gasteiger partial charge in [0.15, 0.2) is 0 Å². The lowest BCUT2D eigenvalue weighted by Crippen LogP contribution is -2.40. The van der Waals surface area contributed by atoms with Crippen LogP contribution in [0.15, 0.2) is 23.2 Å². The van der Waals surface area contributed by atoms with Gasteiger partial charge >= 0.3 is 0 Å². The molecule has 0 spiro atoms. The molecule has 0 unspecified atom stereocenters. The summed E-state index contributed by atoms with van der Waals surface area (Å²) in [4.78, 5) is 6.10. The standard InChI is InChI=1S/C13H20ClN3O2S/c1-16(2)10-11-5-8-17(9-6-11)20(18,19)12-4-3-7-15-13(12)14/h3-4,7,11H,5-6,8-10H2,1-2H3. The molecule has 0 atom stereocenters. The summed E-state index contributed by atoms with van der Waals surface area (Å²) in [5.41, 5.74) is 0. The number of rotatable bonds is 4. The van der Waals surface area contributed by atoms with Crippen molar-refractivity contribution in [2.24, 2.45) is 5.92 Å². The Bertz CT molecular complexity index is 554. The highest BCUT2D eigenvalue weighted by molar-refractivity contribution is 7.89. The summed E-state index contributed by atoms with van der Waals surface area (Å²) in [6, 6.07) is 3.11. The highest BCUT2D eigenvalue weighted by Gasteiger charge is 2.31. The van der Waals surface area contributed by atoms with Gasteiger partial charge in [-0.2, -0.15) is 4.31 Å². The van der Waals surface area contributed by atoms with E-state index in [4.69, 9.17) is 11.6 Å². The van der Waals surface area contributed by atoms with Gasteiger partial charge in [0.05, 0.1) is 0 Å². The number of hydrogen-bond donors (Lipinski definition) is 0. The van der Waals surface area contributed by atoms with Gasteiger partial charge in [0.2, 0.25) is 10.0 Å². The molecule has 0 bridgehead atoms. The zero-order valence-electron chi connectivity index (χ0n) is 11.8. The summed E-state index contributed by atoms with van der Waals surface area (Å²) in [6.45, 7) is 2.10. The van der Waals surface area contributed by atoms with Crippen LogP contribution >= 0.6 is 11.6 Å². The van der Waals surface area contributed by atoms with E-state index in [0.29, 0.717) is 19.0 Å². The molecule has 2 heterocycles. The first-order valence-corrected chi connectivity index (χ1v) is 8.48. The number of halogens is 1. The van der Waals surface area contributed by atoms with Crippen LogP contribution in [0.4, 0.5) is 0 Å². The fourth-order valence-electron chi connectivity index (χ4n) is 2.55. The molecule has 0 N–H and O–H groups in total. The number of aromatic nitrogens is 1. The van der Waals surface area contributed by atoms with E-state index in [0.717, 1.165) is 19.4 Å². The topological polar surface area (TPSA) is 53.5 Å². The maximum Gasteiger partial charge on any atom is 0.246 e. The van der Waals surface area contributed by atoms with Crippen molar-refractivity contribution in [3.63, 3.8) is 0 Å². The lowest BCUT2D eigenvalue weighted by Gasteiger charge is -2.32. The molecule has 1 aromatic heterocycles. The molecule has 1 fully saturated rings. The second kappa shape index (κ2) is 6.39. The Morgan fingerprint density at radius 3 is 2.60 bits per heavy atom. The Morgan fingerprint density at radius 1 is 1.40 bits per heavy atom. The van der Waals surface area contributed by atoms with Crippen molar-refractivity contribution in [3.8, 4) is 0 Å². The van der Waals surface area contributed by atoms with Gasteiger partial charge in [-0.25, -0.2) is 13.4 Å². The van der Waals surface area contributed by atoms with Crippen LogP contribution in [0, 0.1) is 5.92 Å². The second-order valence-corrected chi connectivity index (χ2v) is 7.67. The number of pyridine rings is 1. The van der Waals surface area contributed by atoms with Crippen molar-refractivity contribution in [1.82, 2.24) is 14.2 Å². The number of hydrogen-bond acceptors (Lipinski definition) is 4. The van der Waals surface area contributed by atoms with Crippen LogP contribution in [0.1, 0.15) is 12.8 Å². The van der Waals surface area contributed by atoms with E-state index in [1.165, 1.54) is 16.6 Å². The number of nitrogens with zero attached hydrogens (tertiary/aromatic N) is 3. The van der Waals surface area contributed by atoms with Crippen LogP contribution in [-0.4, -0.2) is 56.3 Å². The largest absolute Gasteiger partial charge is 0.309 e. The molecular formula is C13H20ClN3O2S. The molecule has 0 amide bonds. The van der Waals surface area contributed by atoms with E-state index >= 15 is 0 Å². The second-order valence-electron chi connectivity index (χ2n) is 5.40. The third kappa shape index (κ3) is 3.49. The molecule has 5 nitrogen and oxygen atoms in total. The SMILES string of the molecule is CN(C)CC1CCN(S(=O)(=O)c2cccnc2Cl)CC1. The molecule has 1 aliphatic heterocycles. The molecule has 7 heteroatoms. The first kappa shape index (κ1) is 15.7. The summed E-state index contributed by atoms with van der Waals surface area (Å²) in [5, 5.41) is 0.0444. The average molecular weight is 318 g/mol. The predicted molar refractivity (Wildman–Crippen MR) is 79.3 cm³/mol. The highest BCUT2D eigenvalue weighted by atomic mass is 35.5. The molecule has 1 saturated heterocycles. The van der Waals surface area contributed by atoms with E-state index in [-0.39, 0.29) is 10.0 Å². The van der Waals surface area contributed by atoms with Crippen LogP contribution in [0.2, 0.25) is 5.15 Å². The van der Waals surface area contributed by atoms with Crippen molar-refractivity contribution in [1.29, 1.82) is 0 Å². The van der Waals surface area contributed by atoms with E-state index in [9.17, 15) is 8.42 Å². The van der Waals surface area contributed by atoms with Crippen molar-refractivity contribution in [2.75, 3.05) is 33.7 Å². The zero-order valence-corrected chi connectivity index (χ0v) is 13.4. The molecule has 2 rings (SSSR count). The van der Waals surface area contributed by atoms with Gasteiger partial charge in [-0.1, -0.05) is 11.6 Å². The van der Waals surface area contributed by atoms with Crippen LogP contribution in [-0.2, 0) is 10.0 Å².